The van der Waals surface area contributed by atoms with Crippen LogP contribution in [0.3, 0.4) is 0 Å². The molecule has 1 amide bonds. The molecule has 0 saturated carbocycles. The Labute approximate surface area is 124 Å². The molecule has 2 aromatic heterocycles. The van der Waals surface area contributed by atoms with Crippen LogP contribution >= 0.6 is 0 Å². The van der Waals surface area contributed by atoms with Crippen LogP contribution in [0.5, 0.6) is 0 Å². The fourth-order valence-corrected chi connectivity index (χ4v) is 1.56. The first-order valence-electron chi connectivity index (χ1n) is 6.27. The average molecular weight is 303 g/mol. The summed E-state index contributed by atoms with van der Waals surface area (Å²) in [6, 6.07) is 3.32. The van der Waals surface area contributed by atoms with E-state index in [1.807, 2.05) is 0 Å². The molecule has 2 heterocycles. The van der Waals surface area contributed by atoms with Gasteiger partial charge in [0.05, 0.1) is 10.5 Å². The number of hydrogen-bond donors (Lipinski definition) is 3. The lowest BCUT2D eigenvalue weighted by atomic mass is 10.3. The molecule has 0 aliphatic rings. The normalized spacial score (nSPS) is 10.0. The van der Waals surface area contributed by atoms with Crippen LogP contribution in [0.25, 0.3) is 0 Å². The van der Waals surface area contributed by atoms with E-state index in [1.165, 1.54) is 6.20 Å². The quantitative estimate of drug-likeness (QED) is 0.389. The maximum absolute atomic E-state index is 11.7. The van der Waals surface area contributed by atoms with Crippen molar-refractivity contribution in [1.29, 1.82) is 0 Å². The molecule has 0 aromatic carbocycles. The van der Waals surface area contributed by atoms with Gasteiger partial charge in [0.15, 0.2) is 0 Å². The molecule has 0 aliphatic heterocycles. The molecule has 0 radical (unpaired) electrons. The molecule has 0 unspecified atom stereocenters. The van der Waals surface area contributed by atoms with Gasteiger partial charge in [-0.1, -0.05) is 0 Å². The third kappa shape index (κ3) is 3.85. The van der Waals surface area contributed by atoms with Gasteiger partial charge in [-0.3, -0.25) is 19.9 Å². The van der Waals surface area contributed by atoms with Crippen LogP contribution in [0, 0.1) is 10.1 Å². The Hall–Kier alpha value is -3.30. The monoisotopic (exact) mass is 303 g/mol. The minimum Gasteiger partial charge on any atom is -0.378 e. The second-order valence-electron chi connectivity index (χ2n) is 4.15. The number of carbonyl (C=O) groups is 1. The number of amides is 1. The van der Waals surface area contributed by atoms with E-state index >= 15 is 0 Å². The van der Waals surface area contributed by atoms with E-state index in [0.717, 1.165) is 6.20 Å². The van der Waals surface area contributed by atoms with Crippen molar-refractivity contribution in [2.24, 2.45) is 0 Å². The molecule has 2 rings (SSSR count). The first kappa shape index (κ1) is 15.1. The van der Waals surface area contributed by atoms with Gasteiger partial charge >= 0.3 is 5.69 Å². The number of nitrogen functional groups attached to an aromatic ring is 1. The van der Waals surface area contributed by atoms with Gasteiger partial charge in [0.2, 0.25) is 11.8 Å². The van der Waals surface area contributed by atoms with E-state index < -0.39 is 4.92 Å². The molecule has 0 fully saturated rings. The number of carbonyl (C=O) groups excluding carboxylic acids is 1. The Balaban J connectivity index is 1.81. The van der Waals surface area contributed by atoms with Gasteiger partial charge in [-0.25, -0.2) is 4.98 Å². The Morgan fingerprint density at radius 3 is 2.82 bits per heavy atom. The lowest BCUT2D eigenvalue weighted by molar-refractivity contribution is -0.384. The van der Waals surface area contributed by atoms with E-state index in [4.69, 9.17) is 5.73 Å². The largest absolute Gasteiger partial charge is 0.378 e. The van der Waals surface area contributed by atoms with Crippen LogP contribution in [-0.4, -0.2) is 38.9 Å². The van der Waals surface area contributed by atoms with Crippen molar-refractivity contribution in [2.75, 3.05) is 24.1 Å². The fraction of sp³-hybridized carbons (Fsp3) is 0.167. The van der Waals surface area contributed by atoms with Gasteiger partial charge in [0.1, 0.15) is 6.20 Å². The molecule has 0 aliphatic carbocycles. The zero-order valence-corrected chi connectivity index (χ0v) is 11.4. The maximum atomic E-state index is 11.7. The Kier molecular flexibility index (Phi) is 4.75. The smallest absolute Gasteiger partial charge is 0.329 e. The van der Waals surface area contributed by atoms with E-state index in [2.05, 4.69) is 25.6 Å². The summed E-state index contributed by atoms with van der Waals surface area (Å²) in [6.07, 6.45) is 4.07. The molecule has 22 heavy (non-hydrogen) atoms. The summed E-state index contributed by atoms with van der Waals surface area (Å²) in [5, 5.41) is 16.1. The second kappa shape index (κ2) is 6.92. The van der Waals surface area contributed by atoms with Crippen molar-refractivity contribution in [1.82, 2.24) is 20.3 Å². The van der Waals surface area contributed by atoms with Crippen molar-refractivity contribution >= 4 is 23.4 Å². The zero-order valence-electron chi connectivity index (χ0n) is 11.4. The summed E-state index contributed by atoms with van der Waals surface area (Å²) < 4.78 is 0. The number of nitrogens with two attached hydrogens (primary N) is 1. The Bertz CT molecular complexity index is 678. The third-order valence-corrected chi connectivity index (χ3v) is 2.61. The molecule has 10 nitrogen and oxygen atoms in total. The van der Waals surface area contributed by atoms with E-state index in [9.17, 15) is 14.9 Å². The molecule has 10 heteroatoms. The standard InChI is InChI=1S/C12H13N7O3/c13-10-9(19(21)22)7-17-12(18-10)16-5-4-15-11(20)8-2-1-3-14-6-8/h1-3,6-7H,4-5H2,(H,15,20)(H3,13,16,17,18). The number of hydrogen-bond acceptors (Lipinski definition) is 8. The molecular formula is C12H13N7O3. The van der Waals surface area contributed by atoms with Crippen molar-refractivity contribution in [2.45, 2.75) is 0 Å². The number of aromatic nitrogens is 3. The van der Waals surface area contributed by atoms with Crippen LogP contribution in [0.2, 0.25) is 0 Å². The first-order chi connectivity index (χ1) is 10.6. The number of pyridine rings is 1. The van der Waals surface area contributed by atoms with E-state index in [-0.39, 0.29) is 23.4 Å². The lowest BCUT2D eigenvalue weighted by Crippen LogP contribution is -2.29. The summed E-state index contributed by atoms with van der Waals surface area (Å²) in [6.45, 7) is 0.650. The molecule has 114 valence electrons. The number of nitro groups is 1. The lowest BCUT2D eigenvalue weighted by Gasteiger charge is -2.07. The summed E-state index contributed by atoms with van der Waals surface area (Å²) >= 11 is 0. The molecule has 2 aromatic rings. The predicted octanol–water partition coefficient (Wildman–Crippen LogP) is 0.204. The average Bonchev–Trinajstić information content (AvgIpc) is 2.52. The number of anilines is 2. The van der Waals surface area contributed by atoms with Crippen LogP contribution in [0.1, 0.15) is 10.4 Å². The van der Waals surface area contributed by atoms with Gasteiger partial charge in [-0.2, -0.15) is 4.98 Å². The van der Waals surface area contributed by atoms with Gasteiger partial charge in [0.25, 0.3) is 5.91 Å². The van der Waals surface area contributed by atoms with Crippen molar-refractivity contribution in [3.8, 4) is 0 Å². The molecule has 0 atom stereocenters. The van der Waals surface area contributed by atoms with Crippen LogP contribution in [0.15, 0.2) is 30.7 Å². The van der Waals surface area contributed by atoms with Gasteiger partial charge in [-0.05, 0) is 12.1 Å². The number of rotatable bonds is 6. The van der Waals surface area contributed by atoms with E-state index in [1.54, 1.807) is 18.3 Å². The summed E-state index contributed by atoms with van der Waals surface area (Å²) in [5.41, 5.74) is 5.55. The minimum atomic E-state index is -0.659. The zero-order chi connectivity index (χ0) is 15.9. The Morgan fingerprint density at radius 2 is 2.18 bits per heavy atom. The summed E-state index contributed by atoms with van der Waals surface area (Å²) in [4.78, 5) is 33.0. The predicted molar refractivity (Wildman–Crippen MR) is 78.2 cm³/mol. The van der Waals surface area contributed by atoms with Crippen molar-refractivity contribution in [3.63, 3.8) is 0 Å². The SMILES string of the molecule is Nc1nc(NCCNC(=O)c2cccnc2)ncc1[N+](=O)[O-]. The molecule has 0 spiro atoms. The third-order valence-electron chi connectivity index (χ3n) is 2.61. The topological polar surface area (TPSA) is 149 Å². The van der Waals surface area contributed by atoms with Gasteiger partial charge < -0.3 is 16.4 Å². The van der Waals surface area contributed by atoms with Crippen LogP contribution in [0.4, 0.5) is 17.5 Å². The van der Waals surface area contributed by atoms with Gasteiger partial charge in [-0.15, -0.1) is 0 Å². The summed E-state index contributed by atoms with van der Waals surface area (Å²) in [7, 11) is 0. The summed E-state index contributed by atoms with van der Waals surface area (Å²) in [5.74, 6) is -0.320. The highest BCUT2D eigenvalue weighted by Gasteiger charge is 2.13. The molecule has 0 saturated heterocycles. The van der Waals surface area contributed by atoms with Crippen molar-refractivity contribution < 1.29 is 9.72 Å². The number of nitrogens with one attached hydrogen (secondary N) is 2. The molecule has 0 bridgehead atoms. The van der Waals surface area contributed by atoms with Crippen molar-refractivity contribution in [3.05, 3.63) is 46.4 Å². The Morgan fingerprint density at radius 1 is 1.36 bits per heavy atom. The molecular weight excluding hydrogens is 290 g/mol. The number of nitrogens with zero attached hydrogens (tertiary/aromatic N) is 4. The van der Waals surface area contributed by atoms with Crippen LogP contribution in [-0.2, 0) is 0 Å². The van der Waals surface area contributed by atoms with E-state index in [0.29, 0.717) is 18.7 Å². The first-order valence-corrected chi connectivity index (χ1v) is 6.27. The van der Waals surface area contributed by atoms with Crippen LogP contribution < -0.4 is 16.4 Å². The fourth-order valence-electron chi connectivity index (χ4n) is 1.56. The highest BCUT2D eigenvalue weighted by Crippen LogP contribution is 2.17. The minimum absolute atomic E-state index is 0.152. The highest BCUT2D eigenvalue weighted by molar-refractivity contribution is 5.93. The second-order valence-corrected chi connectivity index (χ2v) is 4.15. The van der Waals surface area contributed by atoms with Gasteiger partial charge in [0, 0.05) is 25.5 Å². The molecule has 4 N–H and O–H groups in total. The highest BCUT2D eigenvalue weighted by atomic mass is 16.6. The maximum Gasteiger partial charge on any atom is 0.329 e.